The quantitative estimate of drug-likeness (QED) is 0.151. The van der Waals surface area contributed by atoms with Crippen molar-refractivity contribution in [1.82, 2.24) is 39.9 Å². The average molecular weight is 761 g/mol. The second-order valence-corrected chi connectivity index (χ2v) is 17.0. The smallest absolute Gasteiger partial charge is 0.229 e. The summed E-state index contributed by atoms with van der Waals surface area (Å²) < 4.78 is 22.1. The second-order valence-electron chi connectivity index (χ2n) is 13.0. The van der Waals surface area contributed by atoms with E-state index in [1.807, 2.05) is 23.0 Å². The number of nitrogens with zero attached hydrogens (tertiary/aromatic N) is 8. The van der Waals surface area contributed by atoms with Crippen LogP contribution < -0.4 is 30.9 Å². The zero-order valence-electron chi connectivity index (χ0n) is 28.9. The van der Waals surface area contributed by atoms with Crippen LogP contribution in [-0.4, -0.2) is 100 Å². The topological polar surface area (TPSA) is 138 Å². The second kappa shape index (κ2) is 14.6. The molecule has 2 fully saturated rings. The molecule has 2 aliphatic rings. The number of hydrogen-bond acceptors (Lipinski definition) is 12. The number of piperidine rings is 1. The minimum Gasteiger partial charge on any atom is -0.494 e. The molecule has 0 aliphatic carbocycles. The number of nitrogens with one attached hydrogen (secondary N) is 3. The standard InChI is InChI=1S/C35H43BrN11O2P/c1-5-47-22-23(20-41-47)25-18-29(31(49-2)19-30(25)46-16-14-45(15-17-46)24-8-10-37-11-9-24)43-35-40-21-26(36)34(44-35)42-28-7-6-27-32(39-13-12-38-27)33(28)50(3,4)48/h6-7,12-13,18-22,24,37H,5,8-11,14-17H2,1-4H3,(H2,40,42,43,44). The molecule has 7 rings (SSSR count). The van der Waals surface area contributed by atoms with E-state index in [0.29, 0.717) is 50.1 Å². The van der Waals surface area contributed by atoms with Crippen LogP contribution in [0.1, 0.15) is 19.8 Å². The zero-order chi connectivity index (χ0) is 34.8. The lowest BCUT2D eigenvalue weighted by Gasteiger charge is -2.42. The van der Waals surface area contributed by atoms with Crippen molar-refractivity contribution in [2.75, 3.05) is 75.2 Å². The lowest BCUT2D eigenvalue weighted by Crippen LogP contribution is -2.52. The summed E-state index contributed by atoms with van der Waals surface area (Å²) in [6, 6.07) is 8.60. The first-order chi connectivity index (χ1) is 24.2. The van der Waals surface area contributed by atoms with Crippen molar-refractivity contribution in [3.63, 3.8) is 0 Å². The monoisotopic (exact) mass is 759 g/mol. The Hall–Kier alpha value is -4.10. The first-order valence-corrected chi connectivity index (χ1v) is 20.4. The first kappa shape index (κ1) is 34.4. The van der Waals surface area contributed by atoms with Crippen LogP contribution in [-0.2, 0) is 11.1 Å². The van der Waals surface area contributed by atoms with Gasteiger partial charge < -0.3 is 30.2 Å². The molecule has 3 N–H and O–H groups in total. The number of anilines is 5. The van der Waals surface area contributed by atoms with Crippen LogP contribution in [0.25, 0.3) is 22.2 Å². The van der Waals surface area contributed by atoms with Gasteiger partial charge in [0.1, 0.15) is 24.2 Å². The molecule has 2 aliphatic heterocycles. The Labute approximate surface area is 300 Å². The van der Waals surface area contributed by atoms with Crippen molar-refractivity contribution in [2.24, 2.45) is 0 Å². The number of hydrogen-bond donors (Lipinski definition) is 3. The van der Waals surface area contributed by atoms with Gasteiger partial charge in [-0.25, -0.2) is 4.98 Å². The molecule has 0 spiro atoms. The van der Waals surface area contributed by atoms with Gasteiger partial charge in [0, 0.05) is 86.4 Å². The van der Waals surface area contributed by atoms with Crippen molar-refractivity contribution < 1.29 is 9.30 Å². The van der Waals surface area contributed by atoms with Crippen LogP contribution in [0.5, 0.6) is 5.75 Å². The van der Waals surface area contributed by atoms with Gasteiger partial charge in [-0.15, -0.1) is 0 Å². The molecule has 50 heavy (non-hydrogen) atoms. The van der Waals surface area contributed by atoms with Crippen molar-refractivity contribution in [1.29, 1.82) is 0 Å². The Kier molecular flexibility index (Phi) is 10.1. The molecule has 13 nitrogen and oxygen atoms in total. The van der Waals surface area contributed by atoms with E-state index in [1.54, 1.807) is 39.0 Å². The predicted octanol–water partition coefficient (Wildman–Crippen LogP) is 5.68. The molecule has 0 unspecified atom stereocenters. The van der Waals surface area contributed by atoms with Gasteiger partial charge >= 0.3 is 0 Å². The van der Waals surface area contributed by atoms with Gasteiger partial charge in [-0.1, -0.05) is 0 Å². The molecule has 5 heterocycles. The predicted molar refractivity (Wildman–Crippen MR) is 204 cm³/mol. The summed E-state index contributed by atoms with van der Waals surface area (Å²) in [5.41, 5.74) is 5.86. The average Bonchev–Trinajstić information content (AvgIpc) is 3.62. The van der Waals surface area contributed by atoms with Crippen LogP contribution in [0, 0.1) is 0 Å². The van der Waals surface area contributed by atoms with Crippen LogP contribution in [0.3, 0.4) is 0 Å². The largest absolute Gasteiger partial charge is 0.494 e. The number of benzene rings is 2. The lowest BCUT2D eigenvalue weighted by atomic mass is 10.0. The van der Waals surface area contributed by atoms with E-state index in [4.69, 9.17) is 9.72 Å². The van der Waals surface area contributed by atoms with Crippen molar-refractivity contribution in [3.05, 3.63) is 59.7 Å². The van der Waals surface area contributed by atoms with E-state index in [0.717, 1.165) is 68.3 Å². The van der Waals surface area contributed by atoms with Gasteiger partial charge in [0.2, 0.25) is 5.95 Å². The molecular weight excluding hydrogens is 717 g/mol. The number of fused-ring (bicyclic) bond motifs is 1. The fourth-order valence-electron chi connectivity index (χ4n) is 6.93. The number of piperazine rings is 1. The highest BCUT2D eigenvalue weighted by atomic mass is 79.9. The van der Waals surface area contributed by atoms with Crippen LogP contribution in [0.2, 0.25) is 0 Å². The van der Waals surface area contributed by atoms with Crippen LogP contribution in [0.4, 0.5) is 28.8 Å². The van der Waals surface area contributed by atoms with E-state index in [1.165, 1.54) is 12.8 Å². The highest BCUT2D eigenvalue weighted by Gasteiger charge is 2.28. The van der Waals surface area contributed by atoms with E-state index < -0.39 is 7.14 Å². The van der Waals surface area contributed by atoms with Crippen molar-refractivity contribution in [3.8, 4) is 16.9 Å². The number of aryl methyl sites for hydroxylation is 1. The summed E-state index contributed by atoms with van der Waals surface area (Å²) >= 11 is 3.60. The molecule has 2 saturated heterocycles. The minimum absolute atomic E-state index is 0.367. The van der Waals surface area contributed by atoms with Gasteiger partial charge in [-0.3, -0.25) is 19.5 Å². The number of halogens is 1. The number of rotatable bonds is 10. The molecule has 5 aromatic rings. The third kappa shape index (κ3) is 7.20. The summed E-state index contributed by atoms with van der Waals surface area (Å²) in [7, 11) is -1.08. The molecule has 3 aromatic heterocycles. The highest BCUT2D eigenvalue weighted by Crippen LogP contribution is 2.43. The Bertz CT molecular complexity index is 2040. The molecular formula is C35H43BrN11O2P. The van der Waals surface area contributed by atoms with E-state index in [9.17, 15) is 4.57 Å². The van der Waals surface area contributed by atoms with E-state index in [2.05, 4.69) is 87.0 Å². The van der Waals surface area contributed by atoms with Crippen LogP contribution >= 0.6 is 23.1 Å². The van der Waals surface area contributed by atoms with Gasteiger partial charge in [0.05, 0.1) is 40.0 Å². The minimum atomic E-state index is -2.77. The van der Waals surface area contributed by atoms with Gasteiger partial charge in [0.25, 0.3) is 0 Å². The maximum absolute atomic E-state index is 13.5. The summed E-state index contributed by atoms with van der Waals surface area (Å²) in [5.74, 6) is 1.56. The fourth-order valence-corrected chi connectivity index (χ4v) is 8.62. The molecule has 0 bridgehead atoms. The summed E-state index contributed by atoms with van der Waals surface area (Å²) in [6.45, 7) is 12.5. The molecule has 15 heteroatoms. The number of methoxy groups -OCH3 is 1. The van der Waals surface area contributed by atoms with E-state index in [-0.39, 0.29) is 0 Å². The molecule has 0 saturated carbocycles. The van der Waals surface area contributed by atoms with Crippen molar-refractivity contribution in [2.45, 2.75) is 32.4 Å². The maximum atomic E-state index is 13.5. The number of aromatic nitrogens is 6. The van der Waals surface area contributed by atoms with Gasteiger partial charge in [-0.05, 0) is 80.3 Å². The SMILES string of the molecule is CCn1cc(-c2cc(Nc3ncc(Br)c(Nc4ccc5nccnc5c4P(C)(C)=O)n3)c(OC)cc2N2CCN(C3CCNCC3)CC2)cn1. The fraction of sp³-hybridized carbons (Fsp3) is 0.400. The third-order valence-electron chi connectivity index (χ3n) is 9.46. The summed E-state index contributed by atoms with van der Waals surface area (Å²) in [5, 5.41) is 15.5. The Morgan fingerprint density at radius 3 is 2.50 bits per heavy atom. The summed E-state index contributed by atoms with van der Waals surface area (Å²) in [4.78, 5) is 23.5. The molecule has 0 amide bonds. The number of ether oxygens (including phenoxy) is 1. The Morgan fingerprint density at radius 2 is 1.78 bits per heavy atom. The molecule has 0 radical (unpaired) electrons. The molecule has 0 atom stereocenters. The van der Waals surface area contributed by atoms with Crippen molar-refractivity contribution >= 4 is 68.2 Å². The van der Waals surface area contributed by atoms with Gasteiger partial charge in [-0.2, -0.15) is 10.1 Å². The Morgan fingerprint density at radius 1 is 1.00 bits per heavy atom. The van der Waals surface area contributed by atoms with Crippen LogP contribution in [0.15, 0.2) is 59.7 Å². The molecule has 2 aromatic carbocycles. The maximum Gasteiger partial charge on any atom is 0.229 e. The molecule has 262 valence electrons. The Balaban J connectivity index is 1.20. The third-order valence-corrected chi connectivity index (χ3v) is 11.6. The zero-order valence-corrected chi connectivity index (χ0v) is 31.3. The highest BCUT2D eigenvalue weighted by molar-refractivity contribution is 9.10. The van der Waals surface area contributed by atoms with Gasteiger partial charge in [0.15, 0.2) is 0 Å². The first-order valence-electron chi connectivity index (χ1n) is 17.0. The normalized spacial score (nSPS) is 16.1. The van der Waals surface area contributed by atoms with E-state index >= 15 is 0 Å². The summed E-state index contributed by atoms with van der Waals surface area (Å²) in [6.07, 6.45) is 11.4. The lowest BCUT2D eigenvalue weighted by molar-refractivity contribution is 0.153.